The molecule has 0 aliphatic carbocycles. The van der Waals surface area contributed by atoms with Crippen molar-refractivity contribution in [2.24, 2.45) is 0 Å². The molecule has 3 heterocycles. The third kappa shape index (κ3) is 3.23. The minimum atomic E-state index is -0.367. The quantitative estimate of drug-likeness (QED) is 0.730. The third-order valence-corrected chi connectivity index (χ3v) is 5.92. The van der Waals surface area contributed by atoms with Crippen LogP contribution in [-0.2, 0) is 0 Å². The fourth-order valence-electron chi connectivity index (χ4n) is 4.49. The van der Waals surface area contributed by atoms with Crippen LogP contribution in [0.1, 0.15) is 29.6 Å². The Morgan fingerprint density at radius 3 is 2.66 bits per heavy atom. The number of oxazole rings is 1. The maximum Gasteiger partial charge on any atom is 0.255 e. The lowest BCUT2D eigenvalue weighted by molar-refractivity contribution is 0.0681. The number of nitrogens with one attached hydrogen (secondary N) is 1. The van der Waals surface area contributed by atoms with Gasteiger partial charge in [0.25, 0.3) is 5.91 Å². The summed E-state index contributed by atoms with van der Waals surface area (Å²) in [5, 5.41) is 3.43. The van der Waals surface area contributed by atoms with Gasteiger partial charge in [-0.15, -0.1) is 0 Å². The highest BCUT2D eigenvalue weighted by atomic mass is 19.1. The number of carbonyl (C=O) groups is 1. The summed E-state index contributed by atoms with van der Waals surface area (Å²) in [7, 11) is 0. The highest BCUT2D eigenvalue weighted by Crippen LogP contribution is 2.33. The molecule has 1 aromatic heterocycles. The average molecular weight is 391 g/mol. The predicted molar refractivity (Wildman–Crippen MR) is 108 cm³/mol. The van der Waals surface area contributed by atoms with E-state index in [2.05, 4.69) is 10.3 Å². The molecule has 2 saturated heterocycles. The summed E-state index contributed by atoms with van der Waals surface area (Å²) in [4.78, 5) is 19.9. The number of hydrogen-bond donors (Lipinski definition) is 1. The van der Waals surface area contributed by atoms with Crippen LogP contribution in [0.4, 0.5) is 4.39 Å². The van der Waals surface area contributed by atoms with Gasteiger partial charge >= 0.3 is 0 Å². The van der Waals surface area contributed by atoms with E-state index >= 15 is 0 Å². The van der Waals surface area contributed by atoms with Gasteiger partial charge in [0, 0.05) is 24.2 Å². The first-order valence-electron chi connectivity index (χ1n) is 10.1. The monoisotopic (exact) mass is 391 g/mol. The molecule has 1 N–H and O–H groups in total. The minimum Gasteiger partial charge on any atom is -0.436 e. The van der Waals surface area contributed by atoms with E-state index in [0.29, 0.717) is 28.3 Å². The lowest BCUT2D eigenvalue weighted by atomic mass is 10.0. The van der Waals surface area contributed by atoms with E-state index < -0.39 is 0 Å². The number of halogens is 1. The van der Waals surface area contributed by atoms with E-state index in [9.17, 15) is 9.18 Å². The van der Waals surface area contributed by atoms with Crippen molar-refractivity contribution in [2.45, 2.75) is 31.3 Å². The molecule has 5 nitrogen and oxygen atoms in total. The lowest BCUT2D eigenvalue weighted by Crippen LogP contribution is -2.42. The molecule has 2 unspecified atom stereocenters. The molecule has 2 aliphatic rings. The average Bonchev–Trinajstić information content (AvgIpc) is 3.31. The highest BCUT2D eigenvalue weighted by Gasteiger charge is 2.39. The second-order valence-electron chi connectivity index (χ2n) is 7.65. The van der Waals surface area contributed by atoms with Gasteiger partial charge in [0.2, 0.25) is 5.89 Å². The molecule has 2 bridgehead atoms. The summed E-state index contributed by atoms with van der Waals surface area (Å²) < 4.78 is 20.0. The fraction of sp³-hybridized carbons (Fsp3) is 0.304. The Balaban J connectivity index is 1.51. The Morgan fingerprint density at radius 2 is 1.79 bits per heavy atom. The lowest BCUT2D eigenvalue weighted by Gasteiger charge is -2.28. The normalized spacial score (nSPS) is 21.2. The first-order chi connectivity index (χ1) is 14.2. The van der Waals surface area contributed by atoms with Crippen molar-refractivity contribution < 1.29 is 13.6 Å². The highest BCUT2D eigenvalue weighted by molar-refractivity contribution is 6.00. The Bertz CT molecular complexity index is 1030. The van der Waals surface area contributed by atoms with E-state index in [0.717, 1.165) is 32.4 Å². The smallest absolute Gasteiger partial charge is 0.255 e. The summed E-state index contributed by atoms with van der Waals surface area (Å²) in [5.74, 6) is 0.322. The van der Waals surface area contributed by atoms with Crippen molar-refractivity contribution in [1.29, 1.82) is 0 Å². The second kappa shape index (κ2) is 7.44. The molecular formula is C23H22FN3O2. The van der Waals surface area contributed by atoms with Crippen LogP contribution in [-0.4, -0.2) is 41.0 Å². The molecule has 0 spiro atoms. The van der Waals surface area contributed by atoms with Gasteiger partial charge in [-0.25, -0.2) is 9.37 Å². The standard InChI is InChI=1S/C23H22FN3O2/c24-20-8-4-3-7-19(20)21-14-26-22(29-21)17-5-1-2-6-18(17)23(28)27-15-9-10-16(27)13-25-12-11-15/h1-8,14-16,25H,9-13H2. The van der Waals surface area contributed by atoms with Crippen molar-refractivity contribution >= 4 is 5.91 Å². The number of nitrogens with zero attached hydrogens (tertiary/aromatic N) is 2. The van der Waals surface area contributed by atoms with Gasteiger partial charge in [-0.3, -0.25) is 4.79 Å². The number of fused-ring (bicyclic) bond motifs is 2. The summed E-state index contributed by atoms with van der Waals surface area (Å²) in [5.41, 5.74) is 1.57. The van der Waals surface area contributed by atoms with Crippen molar-refractivity contribution in [2.75, 3.05) is 13.1 Å². The number of rotatable bonds is 3. The molecular weight excluding hydrogens is 369 g/mol. The number of hydrogen-bond acceptors (Lipinski definition) is 4. The Morgan fingerprint density at radius 1 is 1.03 bits per heavy atom. The maximum absolute atomic E-state index is 14.1. The van der Waals surface area contributed by atoms with Gasteiger partial charge in [-0.2, -0.15) is 0 Å². The van der Waals surface area contributed by atoms with Gasteiger partial charge in [-0.1, -0.05) is 24.3 Å². The number of aromatic nitrogens is 1. The van der Waals surface area contributed by atoms with Gasteiger partial charge in [0.15, 0.2) is 5.76 Å². The molecule has 2 fully saturated rings. The largest absolute Gasteiger partial charge is 0.436 e. The zero-order valence-corrected chi connectivity index (χ0v) is 16.0. The molecule has 2 aliphatic heterocycles. The summed E-state index contributed by atoms with van der Waals surface area (Å²) in [6, 6.07) is 14.3. The van der Waals surface area contributed by atoms with Crippen LogP contribution < -0.4 is 5.32 Å². The molecule has 5 rings (SSSR count). The zero-order valence-electron chi connectivity index (χ0n) is 16.0. The van der Waals surface area contributed by atoms with Crippen molar-refractivity contribution in [1.82, 2.24) is 15.2 Å². The Hall–Kier alpha value is -2.99. The first-order valence-corrected chi connectivity index (χ1v) is 10.1. The fourth-order valence-corrected chi connectivity index (χ4v) is 4.49. The first kappa shape index (κ1) is 18.1. The summed E-state index contributed by atoms with van der Waals surface area (Å²) in [6.07, 6.45) is 4.56. The Kier molecular flexibility index (Phi) is 4.64. The number of benzene rings is 2. The molecule has 6 heteroatoms. The van der Waals surface area contributed by atoms with E-state index in [4.69, 9.17) is 4.42 Å². The SMILES string of the molecule is O=C(c1ccccc1-c1ncc(-c2ccccc2F)o1)N1C2CCNCC1CC2. The molecule has 1 amide bonds. The van der Waals surface area contributed by atoms with Crippen molar-refractivity contribution in [3.05, 3.63) is 66.1 Å². The van der Waals surface area contributed by atoms with Crippen molar-refractivity contribution in [3.8, 4) is 22.8 Å². The molecule has 0 saturated carbocycles. The molecule has 148 valence electrons. The maximum atomic E-state index is 14.1. The van der Waals surface area contributed by atoms with E-state index in [1.165, 1.54) is 12.3 Å². The number of carbonyl (C=O) groups excluding carboxylic acids is 1. The van der Waals surface area contributed by atoms with Gasteiger partial charge < -0.3 is 14.6 Å². The predicted octanol–water partition coefficient (Wildman–Crippen LogP) is 4.11. The summed E-state index contributed by atoms with van der Waals surface area (Å²) in [6.45, 7) is 1.78. The van der Waals surface area contributed by atoms with Gasteiger partial charge in [-0.05, 0) is 50.1 Å². The van der Waals surface area contributed by atoms with Crippen LogP contribution in [0.2, 0.25) is 0 Å². The van der Waals surface area contributed by atoms with Crippen LogP contribution in [0, 0.1) is 5.82 Å². The molecule has 3 aromatic rings. The number of amides is 1. The van der Waals surface area contributed by atoms with E-state index in [1.807, 2.05) is 29.2 Å². The minimum absolute atomic E-state index is 0.0161. The zero-order chi connectivity index (χ0) is 19.8. The topological polar surface area (TPSA) is 58.4 Å². The molecule has 2 aromatic carbocycles. The second-order valence-corrected chi connectivity index (χ2v) is 7.65. The van der Waals surface area contributed by atoms with Crippen LogP contribution in [0.25, 0.3) is 22.8 Å². The Labute approximate surface area is 168 Å². The molecule has 29 heavy (non-hydrogen) atoms. The van der Waals surface area contributed by atoms with Gasteiger partial charge in [0.1, 0.15) is 5.82 Å². The molecule has 0 radical (unpaired) electrons. The van der Waals surface area contributed by atoms with Crippen LogP contribution >= 0.6 is 0 Å². The van der Waals surface area contributed by atoms with E-state index in [-0.39, 0.29) is 23.8 Å². The van der Waals surface area contributed by atoms with Crippen molar-refractivity contribution in [3.63, 3.8) is 0 Å². The van der Waals surface area contributed by atoms with Crippen LogP contribution in [0.3, 0.4) is 0 Å². The van der Waals surface area contributed by atoms with Crippen LogP contribution in [0.5, 0.6) is 0 Å². The van der Waals surface area contributed by atoms with E-state index in [1.54, 1.807) is 18.2 Å². The van der Waals surface area contributed by atoms with Crippen LogP contribution in [0.15, 0.2) is 59.1 Å². The van der Waals surface area contributed by atoms with Gasteiger partial charge in [0.05, 0.1) is 17.3 Å². The molecule has 2 atom stereocenters. The summed E-state index contributed by atoms with van der Waals surface area (Å²) >= 11 is 0. The third-order valence-electron chi connectivity index (χ3n) is 5.92.